The third-order valence-electron chi connectivity index (χ3n) is 9.96. The van der Waals surface area contributed by atoms with E-state index in [4.69, 9.17) is 23.2 Å². The molecule has 2 unspecified atom stereocenters. The maximum Gasteiger partial charge on any atom is 0.435 e. The van der Waals surface area contributed by atoms with Gasteiger partial charge in [-0.3, -0.25) is 19.0 Å². The highest BCUT2D eigenvalue weighted by Gasteiger charge is 2.53. The number of halogens is 12. The van der Waals surface area contributed by atoms with E-state index in [1.54, 1.807) is 20.1 Å². The van der Waals surface area contributed by atoms with E-state index in [2.05, 4.69) is 32.3 Å². The van der Waals surface area contributed by atoms with E-state index < -0.39 is 123 Å². The largest absolute Gasteiger partial charge is 0.435 e. The van der Waals surface area contributed by atoms with E-state index in [0.717, 1.165) is 25.3 Å². The molecular formula is C40H33Cl2F10N7O3S2. The van der Waals surface area contributed by atoms with Crippen LogP contribution in [0.5, 0.6) is 0 Å². The predicted molar refractivity (Wildman–Crippen MR) is 221 cm³/mol. The number of carbonyl (C=O) groups excluding carboxylic acids is 2. The van der Waals surface area contributed by atoms with Gasteiger partial charge in [0.05, 0.1) is 32.4 Å². The monoisotopic (exact) mass is 983 g/mol. The van der Waals surface area contributed by atoms with Gasteiger partial charge in [-0.05, 0) is 85.9 Å². The van der Waals surface area contributed by atoms with E-state index in [1.165, 1.54) is 36.0 Å². The molecule has 1 aliphatic carbocycles. The number of amides is 2. The number of rotatable bonds is 11. The Morgan fingerprint density at radius 3 is 2.25 bits per heavy atom. The minimum absolute atomic E-state index is 0.00567. The summed E-state index contributed by atoms with van der Waals surface area (Å²) in [6, 6.07) is 5.83. The normalized spacial score (nSPS) is 16.0. The second-order valence-electron chi connectivity index (χ2n) is 15.2. The topological polar surface area (TPSA) is 115 Å². The summed E-state index contributed by atoms with van der Waals surface area (Å²) in [5.74, 6) is -3.26. The summed E-state index contributed by atoms with van der Waals surface area (Å²) >= 11 is 13.6. The fourth-order valence-electron chi connectivity index (χ4n) is 7.31. The molecule has 3 aromatic heterocycles. The van der Waals surface area contributed by atoms with Crippen molar-refractivity contribution in [1.82, 2.24) is 29.9 Å². The summed E-state index contributed by atoms with van der Waals surface area (Å²) in [6.07, 6.45) is -8.95. The molecule has 0 radical (unpaired) electrons. The van der Waals surface area contributed by atoms with Crippen LogP contribution in [0.15, 0.2) is 42.5 Å². The maximum absolute atomic E-state index is 15.3. The first-order valence-corrected chi connectivity index (χ1v) is 22.1. The van der Waals surface area contributed by atoms with Crippen molar-refractivity contribution in [2.24, 2.45) is 0 Å². The molecule has 6 rings (SSSR count). The molecule has 0 fully saturated rings. The maximum atomic E-state index is 15.3. The van der Waals surface area contributed by atoms with Crippen LogP contribution in [-0.4, -0.2) is 63.5 Å². The molecule has 2 amide bonds. The van der Waals surface area contributed by atoms with Crippen LogP contribution in [0.2, 0.25) is 5.02 Å². The number of pyridine rings is 1. The number of hydrogen-bond acceptors (Lipinski definition) is 7. The van der Waals surface area contributed by atoms with Crippen molar-refractivity contribution in [3.63, 3.8) is 0 Å². The molecule has 342 valence electrons. The lowest BCUT2D eigenvalue weighted by atomic mass is 9.93. The molecule has 64 heavy (non-hydrogen) atoms. The first-order valence-electron chi connectivity index (χ1n) is 18.6. The van der Waals surface area contributed by atoms with Gasteiger partial charge in [0.25, 0.3) is 5.92 Å². The van der Waals surface area contributed by atoms with Crippen LogP contribution in [0.1, 0.15) is 73.1 Å². The number of hydrogen-bond donors (Lipinski definition) is 1. The molecule has 0 spiro atoms. The lowest BCUT2D eigenvalue weighted by molar-refractivity contribution is -0.143. The van der Waals surface area contributed by atoms with Gasteiger partial charge in [-0.15, -0.1) is 11.8 Å². The minimum atomic E-state index is -5.18. The van der Waals surface area contributed by atoms with Crippen LogP contribution < -0.4 is 9.62 Å². The van der Waals surface area contributed by atoms with Crippen molar-refractivity contribution in [1.29, 1.82) is 0 Å². The second-order valence-corrected chi connectivity index (χ2v) is 18.5. The van der Waals surface area contributed by atoms with E-state index in [9.17, 15) is 48.9 Å². The van der Waals surface area contributed by atoms with Crippen LogP contribution in [0.3, 0.4) is 0 Å². The van der Waals surface area contributed by atoms with E-state index in [1.807, 2.05) is 0 Å². The third kappa shape index (κ3) is 10.3. The number of fused-ring (bicyclic) bond motifs is 2. The molecule has 3 heterocycles. The molecule has 0 saturated heterocycles. The van der Waals surface area contributed by atoms with Crippen LogP contribution in [0.25, 0.3) is 22.0 Å². The van der Waals surface area contributed by atoms with E-state index in [0.29, 0.717) is 15.1 Å². The Kier molecular flexibility index (Phi) is 13.6. The summed E-state index contributed by atoms with van der Waals surface area (Å²) in [7, 11) is -2.31. The zero-order valence-corrected chi connectivity index (χ0v) is 36.9. The van der Waals surface area contributed by atoms with Crippen molar-refractivity contribution in [3.8, 4) is 23.0 Å². The van der Waals surface area contributed by atoms with Gasteiger partial charge < -0.3 is 5.32 Å². The number of carbonyl (C=O) groups is 2. The molecule has 0 aliphatic heterocycles. The average molecular weight is 985 g/mol. The zero-order valence-electron chi connectivity index (χ0n) is 33.8. The first kappa shape index (κ1) is 48.6. The molecule has 3 atom stereocenters. The fraction of sp³-hybridized carbons (Fsp3) is 0.375. The Morgan fingerprint density at radius 2 is 1.67 bits per heavy atom. The molecular weight excluding hydrogens is 952 g/mol. The third-order valence-corrected chi connectivity index (χ3v) is 12.5. The number of benzene rings is 2. The van der Waals surface area contributed by atoms with Crippen LogP contribution in [0, 0.1) is 23.5 Å². The molecule has 2 aromatic carbocycles. The summed E-state index contributed by atoms with van der Waals surface area (Å²) in [5.41, 5.74) is -4.65. The van der Waals surface area contributed by atoms with Crippen molar-refractivity contribution < 1.29 is 57.7 Å². The highest BCUT2D eigenvalue weighted by atomic mass is 35.5. The van der Waals surface area contributed by atoms with Gasteiger partial charge in [0.2, 0.25) is 5.91 Å². The highest BCUT2D eigenvalue weighted by Crippen LogP contribution is 2.52. The standard InChI is InChI=1S/C40H33Cl2F10N7O3S2/c1-19-16-38(45,46)34-29(19)33(40(50,51)52)55-57(34)17-28(60)54-27(14-20-12-21(43)15-22(44)13-20)31-24(7-6-23(53-31)10-11-37(2,3)63-4)25-8-9-26(41)30-32(25)58(18-39(47,48)49)56-35(30)59(36(42)61)64(5)62/h6-9,12-13,15,19,27H,14,16-18H2,1-5H3,(H,54,60)/t19-,27?,64?/m0/s1. The Hall–Kier alpha value is -4.85. The quantitative estimate of drug-likeness (QED) is 0.0607. The average Bonchev–Trinajstić information content (AvgIpc) is 3.79. The van der Waals surface area contributed by atoms with Gasteiger partial charge >= 0.3 is 17.7 Å². The summed E-state index contributed by atoms with van der Waals surface area (Å²) < 4.78 is 158. The Labute approximate surface area is 374 Å². The van der Waals surface area contributed by atoms with Crippen LogP contribution in [-0.2, 0) is 47.4 Å². The van der Waals surface area contributed by atoms with Crippen LogP contribution >= 0.6 is 35.0 Å². The van der Waals surface area contributed by atoms with Gasteiger partial charge in [-0.2, -0.15) is 49.6 Å². The lowest BCUT2D eigenvalue weighted by Crippen LogP contribution is -2.35. The van der Waals surface area contributed by atoms with E-state index in [-0.39, 0.29) is 43.2 Å². The predicted octanol–water partition coefficient (Wildman–Crippen LogP) is 10.5. The number of nitrogens with one attached hydrogen (secondary N) is 1. The second kappa shape index (κ2) is 17.9. The number of anilines is 1. The van der Waals surface area contributed by atoms with E-state index >= 15 is 8.78 Å². The van der Waals surface area contributed by atoms with Crippen molar-refractivity contribution >= 4 is 73.9 Å². The number of nitrogens with zero attached hydrogens (tertiary/aromatic N) is 6. The lowest BCUT2D eigenvalue weighted by Gasteiger charge is -2.23. The minimum Gasteiger partial charge on any atom is -0.346 e. The molecule has 24 heteroatoms. The zero-order chi connectivity index (χ0) is 47.4. The summed E-state index contributed by atoms with van der Waals surface area (Å²) in [5, 5.41) is 7.81. The van der Waals surface area contributed by atoms with Crippen LogP contribution in [0.4, 0.5) is 54.5 Å². The summed E-state index contributed by atoms with van der Waals surface area (Å²) in [6.45, 7) is 1.68. The Morgan fingerprint density at radius 1 is 1.03 bits per heavy atom. The van der Waals surface area contributed by atoms with Crippen molar-refractivity contribution in [2.75, 3.05) is 16.8 Å². The molecule has 0 bridgehead atoms. The molecule has 10 nitrogen and oxygen atoms in total. The fourth-order valence-corrected chi connectivity index (χ4v) is 8.64. The van der Waals surface area contributed by atoms with Gasteiger partial charge in [0.15, 0.2) is 11.5 Å². The van der Waals surface area contributed by atoms with Gasteiger partial charge in [-0.25, -0.2) is 18.0 Å². The molecule has 1 N–H and O–H groups in total. The molecule has 0 saturated carbocycles. The van der Waals surface area contributed by atoms with Gasteiger partial charge in [0, 0.05) is 35.4 Å². The van der Waals surface area contributed by atoms with Crippen molar-refractivity contribution in [3.05, 3.63) is 93.0 Å². The Balaban J connectivity index is 1.62. The van der Waals surface area contributed by atoms with Gasteiger partial charge in [0.1, 0.15) is 47.1 Å². The number of thioether (sulfide) groups is 1. The summed E-state index contributed by atoms with van der Waals surface area (Å²) in [4.78, 5) is 31.2. The number of aromatic nitrogens is 5. The smallest absolute Gasteiger partial charge is 0.346 e. The number of alkyl halides is 8. The van der Waals surface area contributed by atoms with Gasteiger partial charge in [-0.1, -0.05) is 30.5 Å². The SMILES string of the molecule is CSC(C)(C)C#Cc1ccc(-c2ccc(Cl)c3c(N(C(=O)Cl)S(C)=O)nn(CC(F)(F)F)c23)c(C(Cc2cc(F)cc(F)c2)NC(=O)Cn2nc(C(F)(F)F)c3c2C(F)(F)C[C@@H]3C)n1. The first-order chi connectivity index (χ1) is 29.6. The molecule has 5 aromatic rings. The molecule has 1 aliphatic rings. The Bertz CT molecular complexity index is 2730. The van der Waals surface area contributed by atoms with Crippen molar-refractivity contribution in [2.45, 2.75) is 81.7 Å². The highest BCUT2D eigenvalue weighted by molar-refractivity contribution is 8.00.